The molecule has 3 saturated heterocycles. The number of nitrogens with two attached hydrogens (primary N) is 5. The summed E-state index contributed by atoms with van der Waals surface area (Å²) in [5.41, 5.74) is 31.6. The van der Waals surface area contributed by atoms with Crippen LogP contribution in [0.25, 0.3) is 0 Å². The van der Waals surface area contributed by atoms with E-state index in [0.29, 0.717) is 6.54 Å². The van der Waals surface area contributed by atoms with Gasteiger partial charge < -0.3 is 98.2 Å². The van der Waals surface area contributed by atoms with E-state index in [2.05, 4.69) is 5.32 Å². The highest BCUT2D eigenvalue weighted by molar-refractivity contribution is 5.14. The number of benzene rings is 1. The molecule has 50 heavy (non-hydrogen) atoms. The van der Waals surface area contributed by atoms with E-state index in [0.717, 1.165) is 12.0 Å². The van der Waals surface area contributed by atoms with E-state index in [1.54, 1.807) is 0 Å². The van der Waals surface area contributed by atoms with Crippen molar-refractivity contribution in [2.75, 3.05) is 26.2 Å². The van der Waals surface area contributed by atoms with Crippen molar-refractivity contribution in [2.24, 2.45) is 28.7 Å². The van der Waals surface area contributed by atoms with Crippen LogP contribution in [0.2, 0.25) is 0 Å². The Morgan fingerprint density at radius 3 is 1.82 bits per heavy atom. The summed E-state index contributed by atoms with van der Waals surface area (Å²) in [6, 6.07) is 5.60. The van der Waals surface area contributed by atoms with Gasteiger partial charge >= 0.3 is 0 Å². The third-order valence-corrected chi connectivity index (χ3v) is 9.92. The Bertz CT molecular complexity index is 1180. The first-order valence-electron chi connectivity index (χ1n) is 16.9. The van der Waals surface area contributed by atoms with Gasteiger partial charge in [0.2, 0.25) is 0 Å². The highest BCUT2D eigenvalue weighted by atomic mass is 16.8. The highest BCUT2D eigenvalue weighted by Gasteiger charge is 2.54. The van der Waals surface area contributed by atoms with Gasteiger partial charge in [0.05, 0.1) is 24.8 Å². The molecule has 0 unspecified atom stereocenters. The van der Waals surface area contributed by atoms with Gasteiger partial charge in [-0.25, -0.2) is 0 Å². The van der Waals surface area contributed by atoms with Crippen molar-refractivity contribution < 1.29 is 64.2 Å². The number of ether oxygens (including phenoxy) is 6. The summed E-state index contributed by atoms with van der Waals surface area (Å²) in [7, 11) is 0. The molecule has 1 aromatic rings. The lowest BCUT2D eigenvalue weighted by molar-refractivity contribution is -0.307. The Balaban J connectivity index is 1.25. The van der Waals surface area contributed by atoms with Gasteiger partial charge in [-0.15, -0.1) is 0 Å². The van der Waals surface area contributed by atoms with Gasteiger partial charge in [0.25, 0.3) is 0 Å². The normalized spacial score (nSPS) is 47.0. The molecule has 19 nitrogen and oxygen atoms in total. The van der Waals surface area contributed by atoms with Gasteiger partial charge in [0.15, 0.2) is 18.9 Å². The van der Waals surface area contributed by atoms with Crippen molar-refractivity contribution in [3.63, 3.8) is 0 Å². The minimum atomic E-state index is -1.61. The van der Waals surface area contributed by atoms with Crippen molar-refractivity contribution >= 4 is 0 Å². The summed E-state index contributed by atoms with van der Waals surface area (Å²) >= 11 is 0. The number of nitrogens with one attached hydrogen (secondary N) is 1. The maximum absolute atomic E-state index is 11.3. The second kappa shape index (κ2) is 17.5. The Morgan fingerprint density at radius 1 is 0.640 bits per heavy atom. The molecule has 0 radical (unpaired) electrons. The second-order valence-electron chi connectivity index (χ2n) is 13.5. The molecule has 1 aromatic carbocycles. The highest BCUT2D eigenvalue weighted by Crippen LogP contribution is 2.34. The van der Waals surface area contributed by atoms with Crippen LogP contribution in [0.4, 0.5) is 0 Å². The fourth-order valence-electron chi connectivity index (χ4n) is 6.84. The summed E-state index contributed by atoms with van der Waals surface area (Å²) in [5.74, 6) is 0. The molecular weight excluding hydrogens is 664 g/mol. The van der Waals surface area contributed by atoms with E-state index in [9.17, 15) is 35.7 Å². The van der Waals surface area contributed by atoms with Gasteiger partial charge in [-0.2, -0.15) is 0 Å². The van der Waals surface area contributed by atoms with Crippen LogP contribution in [-0.2, 0) is 34.8 Å². The third kappa shape index (κ3) is 8.63. The van der Waals surface area contributed by atoms with Crippen LogP contribution < -0.4 is 34.0 Å². The van der Waals surface area contributed by atoms with E-state index in [4.69, 9.17) is 57.1 Å². The molecule has 3 aliphatic heterocycles. The Hall–Kier alpha value is -1.54. The fourth-order valence-corrected chi connectivity index (χ4v) is 6.84. The minimum absolute atomic E-state index is 0.0930. The molecule has 1 aliphatic carbocycles. The standard InChI is InChI=1S/C31H54N6O13/c32-9-15-21(40)23(42)18(35)29(45-15)49-27-17(11-38)47-31(25(27)44)50-28-20(39)13(33)8-14(34)26(28)48-30-19(36)24(43)22(41)16(46-30)10-37-7-6-12-4-2-1-3-5-12/h1-5,13-31,37-44H,6-11,32-36H2/t13-,14+,15+,16-,17-,18-,19-,20+,21-,22-,23-,24-,25-,26-,27-,28-,29-,30-,31+/m1/s1. The Kier molecular flexibility index (Phi) is 13.9. The molecule has 1 saturated carbocycles. The zero-order valence-electron chi connectivity index (χ0n) is 27.6. The summed E-state index contributed by atoms with van der Waals surface area (Å²) in [6.07, 6.45) is -19.0. The monoisotopic (exact) mass is 718 g/mol. The number of hydrogen-bond donors (Lipinski definition) is 13. The van der Waals surface area contributed by atoms with Crippen LogP contribution in [0.5, 0.6) is 0 Å². The van der Waals surface area contributed by atoms with Crippen LogP contribution in [0, 0.1) is 0 Å². The summed E-state index contributed by atoms with van der Waals surface area (Å²) in [5, 5.41) is 77.8. The molecule has 286 valence electrons. The molecular formula is C31H54N6O13. The van der Waals surface area contributed by atoms with Gasteiger partial charge in [0, 0.05) is 25.2 Å². The smallest absolute Gasteiger partial charge is 0.187 e. The molecule has 0 bridgehead atoms. The molecule has 19 heteroatoms. The number of aliphatic hydroxyl groups excluding tert-OH is 7. The maximum Gasteiger partial charge on any atom is 0.187 e. The zero-order valence-corrected chi connectivity index (χ0v) is 27.6. The first kappa shape index (κ1) is 39.7. The molecule has 4 fully saturated rings. The average Bonchev–Trinajstić information content (AvgIpc) is 3.41. The second-order valence-corrected chi connectivity index (χ2v) is 13.5. The molecule has 0 spiro atoms. The van der Waals surface area contributed by atoms with E-state index in [-0.39, 0.29) is 19.5 Å². The number of aliphatic hydroxyl groups is 7. The van der Waals surface area contributed by atoms with E-state index >= 15 is 0 Å². The Morgan fingerprint density at radius 2 is 1.20 bits per heavy atom. The van der Waals surface area contributed by atoms with Gasteiger partial charge in [-0.3, -0.25) is 0 Å². The molecule has 0 aromatic heterocycles. The quantitative estimate of drug-likeness (QED) is 0.0842. The van der Waals surface area contributed by atoms with Crippen LogP contribution in [0.1, 0.15) is 12.0 Å². The van der Waals surface area contributed by atoms with Crippen molar-refractivity contribution in [1.82, 2.24) is 5.32 Å². The third-order valence-electron chi connectivity index (χ3n) is 9.92. The summed E-state index contributed by atoms with van der Waals surface area (Å²) < 4.78 is 35.5. The van der Waals surface area contributed by atoms with Crippen LogP contribution in [-0.4, -0.2) is 178 Å². The lowest BCUT2D eigenvalue weighted by Gasteiger charge is -2.47. The average molecular weight is 719 g/mol. The predicted molar refractivity (Wildman–Crippen MR) is 172 cm³/mol. The lowest BCUT2D eigenvalue weighted by atomic mass is 9.84. The molecule has 0 amide bonds. The topological polar surface area (TPSA) is 339 Å². The molecule has 19 atom stereocenters. The SMILES string of the molecule is NC[C@@H]1O[C@H](O[C@H]2[C@@H](O)[C@H](O[C@@H]3[C@@H](O)[C@H](N)C[C@H](N)[C@H]3O[C@H]3O[C@H](CNCCc4ccccc4)[C@@H](O)[C@H](O)[C@H]3N)O[C@@H]2CO)[C@H](N)[C@@H](O)[C@@H]1O. The van der Waals surface area contributed by atoms with Gasteiger partial charge in [0.1, 0.15) is 67.1 Å². The zero-order chi connectivity index (χ0) is 36.3. The maximum atomic E-state index is 11.3. The summed E-state index contributed by atoms with van der Waals surface area (Å²) in [4.78, 5) is 0. The van der Waals surface area contributed by atoms with Crippen molar-refractivity contribution in [1.29, 1.82) is 0 Å². The van der Waals surface area contributed by atoms with E-state index in [1.165, 1.54) is 0 Å². The predicted octanol–water partition coefficient (Wildman–Crippen LogP) is -7.02. The van der Waals surface area contributed by atoms with Gasteiger partial charge in [-0.1, -0.05) is 30.3 Å². The summed E-state index contributed by atoms with van der Waals surface area (Å²) in [6.45, 7) is -0.0891. The fraction of sp³-hybridized carbons (Fsp3) is 0.806. The van der Waals surface area contributed by atoms with E-state index < -0.39 is 123 Å². The largest absolute Gasteiger partial charge is 0.394 e. The minimum Gasteiger partial charge on any atom is -0.394 e. The number of rotatable bonds is 13. The Labute approximate surface area is 289 Å². The first-order valence-corrected chi connectivity index (χ1v) is 16.9. The van der Waals surface area contributed by atoms with Crippen molar-refractivity contribution in [3.05, 3.63) is 35.9 Å². The molecule has 5 rings (SSSR count). The molecule has 4 aliphatic rings. The van der Waals surface area contributed by atoms with Crippen molar-refractivity contribution in [3.8, 4) is 0 Å². The van der Waals surface area contributed by atoms with Crippen LogP contribution in [0.15, 0.2) is 30.3 Å². The molecule has 18 N–H and O–H groups in total. The van der Waals surface area contributed by atoms with Crippen molar-refractivity contribution in [2.45, 2.75) is 129 Å². The van der Waals surface area contributed by atoms with E-state index in [1.807, 2.05) is 30.3 Å². The van der Waals surface area contributed by atoms with Crippen LogP contribution >= 0.6 is 0 Å². The lowest BCUT2D eigenvalue weighted by Crippen LogP contribution is -2.68. The molecule has 3 heterocycles. The van der Waals surface area contributed by atoms with Crippen LogP contribution in [0.3, 0.4) is 0 Å². The number of hydrogen-bond acceptors (Lipinski definition) is 19. The van der Waals surface area contributed by atoms with Gasteiger partial charge in [-0.05, 0) is 24.9 Å². The first-order chi connectivity index (χ1) is 23.9.